The van der Waals surface area contributed by atoms with Gasteiger partial charge in [-0.1, -0.05) is 62.8 Å². The standard InChI is InChI=1S/C27H24F2S2/c1-3-5-7-19-14-23(28)22(24(29)15-19)13-12-21-16-26-27(30-21)17-25(31-26)20-10-8-18(6-4-2)9-11-20/h8-11,14-17H,3-7H2,1-2H3. The molecule has 0 amide bonds. The molecule has 0 aliphatic carbocycles. The topological polar surface area (TPSA) is 0 Å². The lowest BCUT2D eigenvalue weighted by atomic mass is 10.1. The molecule has 2 aromatic heterocycles. The molecular formula is C27H24F2S2. The minimum Gasteiger partial charge on any atom is -0.206 e. The van der Waals surface area contributed by atoms with Crippen LogP contribution in [-0.4, -0.2) is 0 Å². The van der Waals surface area contributed by atoms with Crippen molar-refractivity contribution in [1.29, 1.82) is 0 Å². The van der Waals surface area contributed by atoms with Crippen LogP contribution in [0.3, 0.4) is 0 Å². The number of rotatable bonds is 6. The van der Waals surface area contributed by atoms with E-state index in [1.165, 1.54) is 28.1 Å². The van der Waals surface area contributed by atoms with Crippen LogP contribution in [0.4, 0.5) is 8.78 Å². The second-order valence-corrected chi connectivity index (χ2v) is 9.85. The predicted molar refractivity (Wildman–Crippen MR) is 130 cm³/mol. The summed E-state index contributed by atoms with van der Waals surface area (Å²) in [5.41, 5.74) is 3.12. The van der Waals surface area contributed by atoms with Crippen LogP contribution in [0.15, 0.2) is 48.5 Å². The predicted octanol–water partition coefficient (Wildman–Crippen LogP) is 8.60. The first kappa shape index (κ1) is 21.7. The molecule has 2 heterocycles. The number of benzene rings is 2. The van der Waals surface area contributed by atoms with E-state index < -0.39 is 11.6 Å². The Morgan fingerprint density at radius 3 is 2.10 bits per heavy atom. The zero-order chi connectivity index (χ0) is 21.8. The molecule has 4 aromatic rings. The van der Waals surface area contributed by atoms with Crippen molar-refractivity contribution in [2.24, 2.45) is 0 Å². The van der Waals surface area contributed by atoms with Gasteiger partial charge < -0.3 is 0 Å². The third kappa shape index (κ3) is 5.06. The summed E-state index contributed by atoms with van der Waals surface area (Å²) in [7, 11) is 0. The fraction of sp³-hybridized carbons (Fsp3) is 0.259. The Morgan fingerprint density at radius 2 is 1.45 bits per heavy atom. The highest BCUT2D eigenvalue weighted by Crippen LogP contribution is 2.38. The van der Waals surface area contributed by atoms with E-state index in [2.05, 4.69) is 56.0 Å². The van der Waals surface area contributed by atoms with Crippen molar-refractivity contribution in [2.45, 2.75) is 46.0 Å². The highest BCUT2D eigenvalue weighted by molar-refractivity contribution is 7.29. The highest BCUT2D eigenvalue weighted by Gasteiger charge is 2.11. The molecule has 2 aromatic carbocycles. The SMILES string of the molecule is CCCCc1cc(F)c(C#Cc2cc3sc(-c4ccc(CCC)cc4)cc3s2)c(F)c1. The van der Waals surface area contributed by atoms with Gasteiger partial charge in [0.05, 0.1) is 10.4 Å². The smallest absolute Gasteiger partial charge is 0.142 e. The first-order chi connectivity index (χ1) is 15.1. The Kier molecular flexibility index (Phi) is 6.85. The summed E-state index contributed by atoms with van der Waals surface area (Å²) >= 11 is 3.28. The second-order valence-electron chi connectivity index (χ2n) is 7.68. The molecule has 4 heteroatoms. The lowest BCUT2D eigenvalue weighted by molar-refractivity contribution is 0.572. The molecule has 0 saturated heterocycles. The monoisotopic (exact) mass is 450 g/mol. The van der Waals surface area contributed by atoms with Crippen LogP contribution in [-0.2, 0) is 12.8 Å². The largest absolute Gasteiger partial charge is 0.206 e. The van der Waals surface area contributed by atoms with Crippen LogP contribution in [0.1, 0.15) is 54.7 Å². The van der Waals surface area contributed by atoms with Crippen molar-refractivity contribution in [2.75, 3.05) is 0 Å². The molecule has 31 heavy (non-hydrogen) atoms. The lowest BCUT2D eigenvalue weighted by Gasteiger charge is -2.03. The molecular weight excluding hydrogens is 426 g/mol. The van der Waals surface area contributed by atoms with Gasteiger partial charge in [0.2, 0.25) is 0 Å². The maximum absolute atomic E-state index is 14.4. The fourth-order valence-electron chi connectivity index (χ4n) is 3.56. The quantitative estimate of drug-likeness (QED) is 0.258. The summed E-state index contributed by atoms with van der Waals surface area (Å²) < 4.78 is 31.0. The third-order valence-electron chi connectivity index (χ3n) is 5.22. The van der Waals surface area contributed by atoms with Crippen molar-refractivity contribution in [3.05, 3.63) is 81.7 Å². The molecule has 0 N–H and O–H groups in total. The van der Waals surface area contributed by atoms with Crippen molar-refractivity contribution >= 4 is 32.1 Å². The van der Waals surface area contributed by atoms with E-state index in [0.717, 1.165) is 40.0 Å². The van der Waals surface area contributed by atoms with Gasteiger partial charge in [-0.3, -0.25) is 0 Å². The summed E-state index contributed by atoms with van der Waals surface area (Å²) in [6.07, 6.45) is 4.84. The fourth-order valence-corrected chi connectivity index (χ4v) is 5.81. The number of hydrogen-bond acceptors (Lipinski definition) is 2. The summed E-state index contributed by atoms with van der Waals surface area (Å²) in [6.45, 7) is 4.25. The minimum atomic E-state index is -0.578. The van der Waals surface area contributed by atoms with E-state index in [9.17, 15) is 8.78 Å². The van der Waals surface area contributed by atoms with Gasteiger partial charge in [0, 0.05) is 14.3 Å². The van der Waals surface area contributed by atoms with Crippen LogP contribution in [0, 0.1) is 23.5 Å². The first-order valence-corrected chi connectivity index (χ1v) is 12.3. The zero-order valence-electron chi connectivity index (χ0n) is 17.7. The van der Waals surface area contributed by atoms with E-state index >= 15 is 0 Å². The number of aryl methyl sites for hydroxylation is 2. The van der Waals surface area contributed by atoms with Crippen LogP contribution < -0.4 is 0 Å². The molecule has 0 saturated carbocycles. The summed E-state index contributed by atoms with van der Waals surface area (Å²) in [6, 6.07) is 15.8. The highest BCUT2D eigenvalue weighted by atomic mass is 32.1. The third-order valence-corrected chi connectivity index (χ3v) is 7.47. The molecule has 0 aliphatic heterocycles. The first-order valence-electron chi connectivity index (χ1n) is 10.7. The van der Waals surface area contributed by atoms with Gasteiger partial charge in [-0.2, -0.15) is 0 Å². The van der Waals surface area contributed by atoms with Crippen molar-refractivity contribution in [1.82, 2.24) is 0 Å². The Hall–Kier alpha value is -2.48. The lowest BCUT2D eigenvalue weighted by Crippen LogP contribution is -1.95. The van der Waals surface area contributed by atoms with Crippen molar-refractivity contribution < 1.29 is 8.78 Å². The molecule has 0 atom stereocenters. The van der Waals surface area contributed by atoms with Crippen molar-refractivity contribution in [3.63, 3.8) is 0 Å². The molecule has 0 bridgehead atoms. The van der Waals surface area contributed by atoms with Gasteiger partial charge in [0.15, 0.2) is 0 Å². The summed E-state index contributed by atoms with van der Waals surface area (Å²) in [5, 5.41) is 0. The number of hydrogen-bond donors (Lipinski definition) is 0. The molecule has 0 spiro atoms. The van der Waals surface area contributed by atoms with Gasteiger partial charge in [0.1, 0.15) is 11.6 Å². The molecule has 0 radical (unpaired) electrons. The van der Waals surface area contributed by atoms with Crippen LogP contribution in [0.2, 0.25) is 0 Å². The Balaban J connectivity index is 1.55. The van der Waals surface area contributed by atoms with Gasteiger partial charge >= 0.3 is 0 Å². The van der Waals surface area contributed by atoms with Gasteiger partial charge in [-0.15, -0.1) is 22.7 Å². The molecule has 4 rings (SSSR count). The molecule has 0 nitrogen and oxygen atoms in total. The number of thiophene rings is 2. The van der Waals surface area contributed by atoms with Crippen LogP contribution >= 0.6 is 22.7 Å². The average molecular weight is 451 g/mol. The van der Waals surface area contributed by atoms with Crippen LogP contribution in [0.25, 0.3) is 19.8 Å². The van der Waals surface area contributed by atoms with Crippen molar-refractivity contribution in [3.8, 4) is 22.3 Å². The second kappa shape index (κ2) is 9.77. The maximum atomic E-state index is 14.4. The van der Waals surface area contributed by atoms with Gasteiger partial charge in [-0.05, 0) is 60.2 Å². The molecule has 0 aliphatic rings. The zero-order valence-corrected chi connectivity index (χ0v) is 19.4. The Labute approximate surface area is 190 Å². The number of unbranched alkanes of at least 4 members (excludes halogenated alkanes) is 1. The van der Waals surface area contributed by atoms with E-state index in [4.69, 9.17) is 0 Å². The van der Waals surface area contributed by atoms with E-state index in [-0.39, 0.29) is 5.56 Å². The minimum absolute atomic E-state index is 0.148. The molecule has 0 unspecified atom stereocenters. The summed E-state index contributed by atoms with van der Waals surface area (Å²) in [5.74, 6) is 4.51. The summed E-state index contributed by atoms with van der Waals surface area (Å²) in [4.78, 5) is 2.04. The average Bonchev–Trinajstić information content (AvgIpc) is 3.31. The van der Waals surface area contributed by atoms with Gasteiger partial charge in [-0.25, -0.2) is 8.78 Å². The normalized spacial score (nSPS) is 11.0. The van der Waals surface area contributed by atoms with Crippen LogP contribution in [0.5, 0.6) is 0 Å². The van der Waals surface area contributed by atoms with E-state index in [0.29, 0.717) is 12.0 Å². The number of fused-ring (bicyclic) bond motifs is 1. The van der Waals surface area contributed by atoms with Gasteiger partial charge in [0.25, 0.3) is 0 Å². The maximum Gasteiger partial charge on any atom is 0.142 e. The van der Waals surface area contributed by atoms with E-state index in [1.807, 2.05) is 6.07 Å². The van der Waals surface area contributed by atoms with E-state index in [1.54, 1.807) is 22.7 Å². The Morgan fingerprint density at radius 1 is 0.742 bits per heavy atom. The Bertz CT molecular complexity index is 1200. The number of halogens is 2. The molecule has 0 fully saturated rings. The molecule has 158 valence electrons.